The Kier molecular flexibility index (Phi) is 3.96. The van der Waals surface area contributed by atoms with Crippen molar-refractivity contribution in [1.29, 1.82) is 0 Å². The lowest BCUT2D eigenvalue weighted by atomic mass is 10.2. The van der Waals surface area contributed by atoms with Crippen LogP contribution in [0, 0.1) is 0 Å². The normalized spacial score (nSPS) is 11.9. The highest BCUT2D eigenvalue weighted by molar-refractivity contribution is 9.10. The topological polar surface area (TPSA) is 64.3 Å². The molecular weight excluding hydrogens is 260 g/mol. The van der Waals surface area contributed by atoms with E-state index >= 15 is 0 Å². The van der Waals surface area contributed by atoms with E-state index in [0.29, 0.717) is 0 Å². The van der Waals surface area contributed by atoms with E-state index in [4.69, 9.17) is 10.5 Å². The maximum absolute atomic E-state index is 10.9. The van der Waals surface area contributed by atoms with Gasteiger partial charge in [0.2, 0.25) is 5.91 Å². The molecule has 1 aromatic carbocycles. The van der Waals surface area contributed by atoms with Gasteiger partial charge in [0.15, 0.2) is 0 Å². The van der Waals surface area contributed by atoms with Crippen LogP contribution in [-0.2, 0) is 4.79 Å². The second-order valence-corrected chi connectivity index (χ2v) is 3.97. The van der Waals surface area contributed by atoms with E-state index in [1.807, 2.05) is 12.1 Å². The Morgan fingerprint density at radius 1 is 1.60 bits per heavy atom. The van der Waals surface area contributed by atoms with Crippen molar-refractivity contribution in [3.05, 3.63) is 22.7 Å². The number of benzene rings is 1. The van der Waals surface area contributed by atoms with Crippen LogP contribution >= 0.6 is 15.9 Å². The standard InChI is InChI=1S/C10H13BrN2O2/c1-6(10(12)14)13-9-5-7(15-2)3-4-8(9)11/h3-6,13H,1-2H3,(H2,12,14). The molecule has 82 valence electrons. The number of rotatable bonds is 4. The summed E-state index contributed by atoms with van der Waals surface area (Å²) in [5, 5.41) is 2.98. The minimum Gasteiger partial charge on any atom is -0.497 e. The molecule has 0 spiro atoms. The van der Waals surface area contributed by atoms with Crippen LogP contribution in [0.2, 0.25) is 0 Å². The van der Waals surface area contributed by atoms with Crippen LogP contribution in [0.1, 0.15) is 6.92 Å². The van der Waals surface area contributed by atoms with Crippen LogP contribution in [0.3, 0.4) is 0 Å². The smallest absolute Gasteiger partial charge is 0.239 e. The molecule has 0 saturated heterocycles. The molecule has 0 bridgehead atoms. The Morgan fingerprint density at radius 2 is 2.27 bits per heavy atom. The molecule has 0 heterocycles. The summed E-state index contributed by atoms with van der Waals surface area (Å²) >= 11 is 3.37. The highest BCUT2D eigenvalue weighted by Gasteiger charge is 2.10. The Morgan fingerprint density at radius 3 is 2.80 bits per heavy atom. The minimum atomic E-state index is -0.423. The maximum Gasteiger partial charge on any atom is 0.239 e. The lowest BCUT2D eigenvalue weighted by Gasteiger charge is -2.14. The summed E-state index contributed by atoms with van der Waals surface area (Å²) in [6.45, 7) is 1.70. The Bertz CT molecular complexity index is 368. The number of halogens is 1. The number of hydrogen-bond donors (Lipinski definition) is 2. The van der Waals surface area contributed by atoms with Gasteiger partial charge in [-0.1, -0.05) is 0 Å². The van der Waals surface area contributed by atoms with Gasteiger partial charge in [-0.05, 0) is 35.0 Å². The van der Waals surface area contributed by atoms with E-state index in [2.05, 4.69) is 21.2 Å². The fourth-order valence-corrected chi connectivity index (χ4v) is 1.41. The third-order valence-corrected chi connectivity index (χ3v) is 2.66. The first kappa shape index (κ1) is 11.8. The molecule has 0 fully saturated rings. The molecule has 0 aliphatic rings. The molecule has 0 saturated carbocycles. The first-order valence-corrected chi connectivity index (χ1v) is 5.23. The third-order valence-electron chi connectivity index (χ3n) is 1.97. The Hall–Kier alpha value is -1.23. The summed E-state index contributed by atoms with van der Waals surface area (Å²) in [7, 11) is 1.59. The number of carbonyl (C=O) groups is 1. The second kappa shape index (κ2) is 5.02. The molecule has 5 heteroatoms. The summed E-state index contributed by atoms with van der Waals surface area (Å²) in [5.74, 6) is 0.321. The zero-order valence-electron chi connectivity index (χ0n) is 8.58. The molecule has 1 aromatic rings. The number of methoxy groups -OCH3 is 1. The van der Waals surface area contributed by atoms with Gasteiger partial charge in [-0.25, -0.2) is 0 Å². The average molecular weight is 273 g/mol. The molecule has 1 rings (SSSR count). The van der Waals surface area contributed by atoms with Crippen molar-refractivity contribution in [1.82, 2.24) is 0 Å². The lowest BCUT2D eigenvalue weighted by molar-refractivity contribution is -0.118. The third kappa shape index (κ3) is 3.13. The van der Waals surface area contributed by atoms with Gasteiger partial charge in [0.05, 0.1) is 12.8 Å². The van der Waals surface area contributed by atoms with Crippen molar-refractivity contribution >= 4 is 27.5 Å². The fourth-order valence-electron chi connectivity index (χ4n) is 1.05. The number of amides is 1. The minimum absolute atomic E-state index is 0.398. The quantitative estimate of drug-likeness (QED) is 0.878. The number of anilines is 1. The monoisotopic (exact) mass is 272 g/mol. The summed E-state index contributed by atoms with van der Waals surface area (Å²) in [4.78, 5) is 10.9. The van der Waals surface area contributed by atoms with Crippen LogP contribution < -0.4 is 15.8 Å². The van der Waals surface area contributed by atoms with Gasteiger partial charge in [-0.15, -0.1) is 0 Å². The molecular formula is C10H13BrN2O2. The van der Waals surface area contributed by atoms with Crippen LogP contribution in [0.5, 0.6) is 5.75 Å². The number of primary amides is 1. The number of carbonyl (C=O) groups excluding carboxylic acids is 1. The van der Waals surface area contributed by atoms with Gasteiger partial charge >= 0.3 is 0 Å². The molecule has 0 radical (unpaired) electrons. The number of nitrogens with two attached hydrogens (primary N) is 1. The molecule has 0 aromatic heterocycles. The highest BCUT2D eigenvalue weighted by atomic mass is 79.9. The Labute approximate surface area is 96.9 Å². The summed E-state index contributed by atoms with van der Waals surface area (Å²) < 4.78 is 5.93. The largest absolute Gasteiger partial charge is 0.497 e. The van der Waals surface area contributed by atoms with Gasteiger partial charge in [0.25, 0.3) is 0 Å². The average Bonchev–Trinajstić information content (AvgIpc) is 2.21. The van der Waals surface area contributed by atoms with Gasteiger partial charge in [0.1, 0.15) is 11.8 Å². The maximum atomic E-state index is 10.9. The summed E-state index contributed by atoms with van der Waals surface area (Å²) in [5.41, 5.74) is 5.93. The van der Waals surface area contributed by atoms with E-state index in [9.17, 15) is 4.79 Å². The fraction of sp³-hybridized carbons (Fsp3) is 0.300. The van der Waals surface area contributed by atoms with Crippen LogP contribution in [0.15, 0.2) is 22.7 Å². The molecule has 1 amide bonds. The van der Waals surface area contributed by atoms with E-state index in [-0.39, 0.29) is 0 Å². The highest BCUT2D eigenvalue weighted by Crippen LogP contribution is 2.27. The first-order chi connectivity index (χ1) is 7.04. The summed E-state index contributed by atoms with van der Waals surface area (Å²) in [6.07, 6.45) is 0. The predicted molar refractivity (Wildman–Crippen MR) is 63.0 cm³/mol. The van der Waals surface area contributed by atoms with E-state index < -0.39 is 11.9 Å². The zero-order chi connectivity index (χ0) is 11.4. The Balaban J connectivity index is 2.88. The number of nitrogens with one attached hydrogen (secondary N) is 1. The van der Waals surface area contributed by atoms with Crippen molar-refractivity contribution in [3.63, 3.8) is 0 Å². The van der Waals surface area contributed by atoms with E-state index in [1.54, 1.807) is 20.1 Å². The molecule has 0 aliphatic carbocycles. The predicted octanol–water partition coefficient (Wildman–Crippen LogP) is 1.74. The SMILES string of the molecule is COc1ccc(Br)c(NC(C)C(N)=O)c1. The molecule has 1 unspecified atom stereocenters. The second-order valence-electron chi connectivity index (χ2n) is 3.11. The molecule has 1 atom stereocenters. The van der Waals surface area contributed by atoms with E-state index in [1.165, 1.54) is 0 Å². The van der Waals surface area contributed by atoms with Gasteiger partial charge in [-0.3, -0.25) is 4.79 Å². The van der Waals surface area contributed by atoms with Crippen molar-refractivity contribution in [3.8, 4) is 5.75 Å². The number of ether oxygens (including phenoxy) is 1. The van der Waals surface area contributed by atoms with Crippen molar-refractivity contribution < 1.29 is 9.53 Å². The lowest BCUT2D eigenvalue weighted by Crippen LogP contribution is -2.32. The van der Waals surface area contributed by atoms with Crippen molar-refractivity contribution in [2.24, 2.45) is 5.73 Å². The van der Waals surface area contributed by atoms with Crippen molar-refractivity contribution in [2.75, 3.05) is 12.4 Å². The van der Waals surface area contributed by atoms with Crippen molar-refractivity contribution in [2.45, 2.75) is 13.0 Å². The van der Waals surface area contributed by atoms with Crippen LogP contribution in [0.4, 0.5) is 5.69 Å². The molecule has 15 heavy (non-hydrogen) atoms. The molecule has 4 nitrogen and oxygen atoms in total. The van der Waals surface area contributed by atoms with Gasteiger partial charge < -0.3 is 15.8 Å². The van der Waals surface area contributed by atoms with Gasteiger partial charge in [-0.2, -0.15) is 0 Å². The first-order valence-electron chi connectivity index (χ1n) is 4.44. The zero-order valence-corrected chi connectivity index (χ0v) is 10.2. The van der Waals surface area contributed by atoms with Gasteiger partial charge in [0, 0.05) is 10.5 Å². The molecule has 3 N–H and O–H groups in total. The van der Waals surface area contributed by atoms with Crippen LogP contribution in [-0.4, -0.2) is 19.1 Å². The summed E-state index contributed by atoms with van der Waals surface area (Å²) in [6, 6.07) is 5.04. The van der Waals surface area contributed by atoms with E-state index in [0.717, 1.165) is 15.9 Å². The molecule has 0 aliphatic heterocycles. The number of hydrogen-bond acceptors (Lipinski definition) is 3. The van der Waals surface area contributed by atoms with Crippen LogP contribution in [0.25, 0.3) is 0 Å².